The van der Waals surface area contributed by atoms with Crippen LogP contribution in [0, 0.1) is 0 Å². The number of hydrogen-bond acceptors (Lipinski definition) is 4. The lowest BCUT2D eigenvalue weighted by Gasteiger charge is -2.07. The van der Waals surface area contributed by atoms with E-state index in [1.54, 1.807) is 24.3 Å². The molecule has 1 unspecified atom stereocenters. The van der Waals surface area contributed by atoms with Crippen molar-refractivity contribution in [3.05, 3.63) is 24.3 Å². The highest BCUT2D eigenvalue weighted by molar-refractivity contribution is 5.88. The van der Waals surface area contributed by atoms with Gasteiger partial charge >= 0.3 is 5.97 Å². The first-order chi connectivity index (χ1) is 8.47. The molecule has 0 saturated carbocycles. The summed E-state index contributed by atoms with van der Waals surface area (Å²) in [5.41, 5.74) is 6.22. The first kappa shape index (κ1) is 14.2. The molecule has 5 nitrogen and oxygen atoms in total. The minimum Gasteiger partial charge on any atom is -0.427 e. The maximum absolute atomic E-state index is 11.4. The summed E-state index contributed by atoms with van der Waals surface area (Å²) in [6, 6.07) is 6.61. The number of benzene rings is 1. The molecule has 0 aliphatic carbocycles. The van der Waals surface area contributed by atoms with Crippen LogP contribution in [0.4, 0.5) is 5.69 Å². The van der Waals surface area contributed by atoms with E-state index >= 15 is 0 Å². The SMILES string of the molecule is CC(=O)Nc1ccc(OC(=O)CCC(C)N)cc1. The van der Waals surface area contributed by atoms with Crippen LogP contribution in [0.25, 0.3) is 0 Å². The first-order valence-corrected chi connectivity index (χ1v) is 5.81. The lowest BCUT2D eigenvalue weighted by atomic mass is 10.2. The zero-order chi connectivity index (χ0) is 13.5. The number of nitrogens with one attached hydrogen (secondary N) is 1. The van der Waals surface area contributed by atoms with Crippen molar-refractivity contribution in [2.75, 3.05) is 5.32 Å². The fourth-order valence-electron chi connectivity index (χ4n) is 1.34. The van der Waals surface area contributed by atoms with Gasteiger partial charge in [0, 0.05) is 25.1 Å². The van der Waals surface area contributed by atoms with Gasteiger partial charge < -0.3 is 15.8 Å². The number of amides is 1. The number of carbonyl (C=O) groups excluding carboxylic acids is 2. The normalized spacial score (nSPS) is 11.7. The van der Waals surface area contributed by atoms with Crippen molar-refractivity contribution >= 4 is 17.6 Å². The van der Waals surface area contributed by atoms with Crippen molar-refractivity contribution < 1.29 is 14.3 Å². The average Bonchev–Trinajstić information content (AvgIpc) is 2.28. The second-order valence-corrected chi connectivity index (χ2v) is 4.20. The number of esters is 1. The van der Waals surface area contributed by atoms with E-state index in [2.05, 4.69) is 5.32 Å². The van der Waals surface area contributed by atoms with Gasteiger partial charge in [0.15, 0.2) is 0 Å². The summed E-state index contributed by atoms with van der Waals surface area (Å²) in [5.74, 6) is 0.00929. The van der Waals surface area contributed by atoms with Crippen molar-refractivity contribution in [1.29, 1.82) is 0 Å². The number of ether oxygens (including phenoxy) is 1. The fraction of sp³-hybridized carbons (Fsp3) is 0.385. The molecule has 0 heterocycles. The standard InChI is InChI=1S/C13H18N2O3/c1-9(14)3-8-13(17)18-12-6-4-11(5-7-12)15-10(2)16/h4-7,9H,3,8,14H2,1-2H3,(H,15,16). The van der Waals surface area contributed by atoms with E-state index in [0.717, 1.165) is 0 Å². The molecule has 0 spiro atoms. The zero-order valence-electron chi connectivity index (χ0n) is 10.6. The molecule has 98 valence electrons. The fourth-order valence-corrected chi connectivity index (χ4v) is 1.34. The van der Waals surface area contributed by atoms with Gasteiger partial charge in [-0.1, -0.05) is 0 Å². The highest BCUT2D eigenvalue weighted by Gasteiger charge is 2.06. The minimum absolute atomic E-state index is 0.0142. The predicted molar refractivity (Wildman–Crippen MR) is 69.3 cm³/mol. The largest absolute Gasteiger partial charge is 0.427 e. The molecule has 1 atom stereocenters. The average molecular weight is 250 g/mol. The molecule has 1 aromatic carbocycles. The number of anilines is 1. The number of carbonyl (C=O) groups is 2. The van der Waals surface area contributed by atoms with Gasteiger partial charge in [-0.05, 0) is 37.6 Å². The number of hydrogen-bond donors (Lipinski definition) is 2. The highest BCUT2D eigenvalue weighted by Crippen LogP contribution is 2.16. The Hall–Kier alpha value is -1.88. The minimum atomic E-state index is -0.306. The zero-order valence-corrected chi connectivity index (χ0v) is 10.6. The van der Waals surface area contributed by atoms with Crippen LogP contribution in [0.5, 0.6) is 5.75 Å². The van der Waals surface area contributed by atoms with Crippen LogP contribution in [-0.2, 0) is 9.59 Å². The third-order valence-corrected chi connectivity index (χ3v) is 2.21. The van der Waals surface area contributed by atoms with Crippen molar-refractivity contribution in [2.24, 2.45) is 5.73 Å². The second-order valence-electron chi connectivity index (χ2n) is 4.20. The van der Waals surface area contributed by atoms with Crippen LogP contribution < -0.4 is 15.8 Å². The molecule has 18 heavy (non-hydrogen) atoms. The molecule has 0 saturated heterocycles. The molecule has 0 aliphatic heterocycles. The van der Waals surface area contributed by atoms with E-state index in [1.807, 2.05) is 6.92 Å². The Balaban J connectivity index is 2.48. The summed E-state index contributed by atoms with van der Waals surface area (Å²) in [6.07, 6.45) is 0.897. The summed E-state index contributed by atoms with van der Waals surface area (Å²) in [5, 5.41) is 2.63. The summed E-state index contributed by atoms with van der Waals surface area (Å²) < 4.78 is 5.12. The number of nitrogens with two attached hydrogens (primary N) is 1. The Bertz CT molecular complexity index is 413. The quantitative estimate of drug-likeness (QED) is 0.615. The van der Waals surface area contributed by atoms with E-state index in [4.69, 9.17) is 10.5 Å². The molecule has 0 bridgehead atoms. The molecular weight excluding hydrogens is 232 g/mol. The highest BCUT2D eigenvalue weighted by atomic mass is 16.5. The van der Waals surface area contributed by atoms with Gasteiger partial charge in [-0.15, -0.1) is 0 Å². The van der Waals surface area contributed by atoms with Crippen LogP contribution in [0.15, 0.2) is 24.3 Å². The third-order valence-electron chi connectivity index (χ3n) is 2.21. The van der Waals surface area contributed by atoms with Crippen LogP contribution in [0.2, 0.25) is 0 Å². The monoisotopic (exact) mass is 250 g/mol. The second kappa shape index (κ2) is 6.76. The molecule has 5 heteroatoms. The van der Waals surface area contributed by atoms with Gasteiger partial charge in [0.2, 0.25) is 5.91 Å². The Morgan fingerprint density at radius 1 is 1.33 bits per heavy atom. The van der Waals surface area contributed by atoms with E-state index in [0.29, 0.717) is 24.3 Å². The lowest BCUT2D eigenvalue weighted by Crippen LogP contribution is -2.18. The van der Waals surface area contributed by atoms with Crippen LogP contribution in [0.3, 0.4) is 0 Å². The van der Waals surface area contributed by atoms with Gasteiger partial charge in [-0.25, -0.2) is 0 Å². The van der Waals surface area contributed by atoms with E-state index in [9.17, 15) is 9.59 Å². The molecule has 1 amide bonds. The maximum Gasteiger partial charge on any atom is 0.311 e. The smallest absolute Gasteiger partial charge is 0.311 e. The van der Waals surface area contributed by atoms with E-state index in [1.165, 1.54) is 6.92 Å². The molecule has 1 rings (SSSR count). The van der Waals surface area contributed by atoms with Crippen molar-refractivity contribution in [1.82, 2.24) is 0 Å². The maximum atomic E-state index is 11.4. The number of rotatable bonds is 5. The van der Waals surface area contributed by atoms with Crippen LogP contribution >= 0.6 is 0 Å². The van der Waals surface area contributed by atoms with Gasteiger partial charge in [0.05, 0.1) is 0 Å². The lowest BCUT2D eigenvalue weighted by molar-refractivity contribution is -0.134. The topological polar surface area (TPSA) is 81.4 Å². The summed E-state index contributed by atoms with van der Waals surface area (Å²) in [7, 11) is 0. The van der Waals surface area contributed by atoms with Crippen molar-refractivity contribution in [3.63, 3.8) is 0 Å². The molecule has 0 radical (unpaired) electrons. The summed E-state index contributed by atoms with van der Waals surface area (Å²) in [6.45, 7) is 3.28. The van der Waals surface area contributed by atoms with E-state index < -0.39 is 0 Å². The summed E-state index contributed by atoms with van der Waals surface area (Å²) >= 11 is 0. The molecule has 0 aromatic heterocycles. The van der Waals surface area contributed by atoms with Crippen LogP contribution in [0.1, 0.15) is 26.7 Å². The molecule has 0 aliphatic rings. The molecule has 0 fully saturated rings. The Labute approximate surface area is 106 Å². The van der Waals surface area contributed by atoms with Crippen molar-refractivity contribution in [3.8, 4) is 5.75 Å². The van der Waals surface area contributed by atoms with Gasteiger partial charge in [0.1, 0.15) is 5.75 Å². The molecule has 3 N–H and O–H groups in total. The predicted octanol–water partition coefficient (Wildman–Crippen LogP) is 1.68. The molecular formula is C13H18N2O3. The molecule has 1 aromatic rings. The Morgan fingerprint density at radius 2 is 1.94 bits per heavy atom. The Kier molecular flexibility index (Phi) is 5.32. The van der Waals surface area contributed by atoms with E-state index in [-0.39, 0.29) is 17.9 Å². The van der Waals surface area contributed by atoms with Crippen molar-refractivity contribution in [2.45, 2.75) is 32.7 Å². The third kappa shape index (κ3) is 5.45. The van der Waals surface area contributed by atoms with Crippen LogP contribution in [-0.4, -0.2) is 17.9 Å². The van der Waals surface area contributed by atoms with Gasteiger partial charge in [0.25, 0.3) is 0 Å². The van der Waals surface area contributed by atoms with Gasteiger partial charge in [-0.3, -0.25) is 9.59 Å². The van der Waals surface area contributed by atoms with Gasteiger partial charge in [-0.2, -0.15) is 0 Å². The summed E-state index contributed by atoms with van der Waals surface area (Å²) in [4.78, 5) is 22.2. The Morgan fingerprint density at radius 3 is 2.44 bits per heavy atom. The first-order valence-electron chi connectivity index (χ1n) is 5.81.